The lowest BCUT2D eigenvalue weighted by molar-refractivity contribution is 0.249. The van der Waals surface area contributed by atoms with Gasteiger partial charge in [-0.25, -0.2) is 4.98 Å². The van der Waals surface area contributed by atoms with Gasteiger partial charge >= 0.3 is 0 Å². The predicted molar refractivity (Wildman–Crippen MR) is 186 cm³/mol. The number of hydrogen-bond acceptors (Lipinski definition) is 6. The highest BCUT2D eigenvalue weighted by Crippen LogP contribution is 2.37. The van der Waals surface area contributed by atoms with Gasteiger partial charge in [0.2, 0.25) is 0 Å². The first-order chi connectivity index (χ1) is 22.0. The van der Waals surface area contributed by atoms with Crippen LogP contribution in [0.1, 0.15) is 46.5 Å². The van der Waals surface area contributed by atoms with Crippen LogP contribution >= 0.6 is 23.2 Å². The normalized spacial score (nSPS) is 14.1. The van der Waals surface area contributed by atoms with Gasteiger partial charge in [-0.05, 0) is 62.7 Å². The summed E-state index contributed by atoms with van der Waals surface area (Å²) in [6.45, 7) is 11.6. The molecule has 0 saturated carbocycles. The van der Waals surface area contributed by atoms with Gasteiger partial charge in [0, 0.05) is 59.2 Å². The molecule has 0 spiro atoms. The number of aromatic nitrogens is 2. The highest BCUT2D eigenvalue weighted by atomic mass is 35.5. The van der Waals surface area contributed by atoms with E-state index in [0.29, 0.717) is 40.7 Å². The molecule has 0 saturated heterocycles. The molecule has 45 heavy (non-hydrogen) atoms. The van der Waals surface area contributed by atoms with E-state index in [1.807, 2.05) is 36.7 Å². The van der Waals surface area contributed by atoms with Crippen LogP contribution in [0, 0.1) is 5.92 Å². The van der Waals surface area contributed by atoms with Gasteiger partial charge in [0.25, 0.3) is 0 Å². The Morgan fingerprint density at radius 1 is 0.867 bits per heavy atom. The number of unbranched alkanes of at least 4 members (excludes halogenated alkanes) is 1. The van der Waals surface area contributed by atoms with Crippen LogP contribution in [0.3, 0.4) is 0 Å². The van der Waals surface area contributed by atoms with E-state index in [4.69, 9.17) is 42.4 Å². The Morgan fingerprint density at radius 2 is 1.69 bits per heavy atom. The Bertz CT molecular complexity index is 1600. The first-order valence-corrected chi connectivity index (χ1v) is 16.7. The summed E-state index contributed by atoms with van der Waals surface area (Å²) in [6.07, 6.45) is 9.76. The topological polar surface area (TPSA) is 61.1 Å². The van der Waals surface area contributed by atoms with E-state index in [1.54, 1.807) is 18.2 Å². The van der Waals surface area contributed by atoms with E-state index in [0.717, 1.165) is 85.8 Å². The fraction of sp³-hybridized carbons (Fsp3) is 0.389. The number of rotatable bonds is 17. The van der Waals surface area contributed by atoms with E-state index < -0.39 is 0 Å². The lowest BCUT2D eigenvalue weighted by Gasteiger charge is -2.18. The van der Waals surface area contributed by atoms with Crippen molar-refractivity contribution in [3.8, 4) is 34.4 Å². The molecule has 5 rings (SSSR count). The fourth-order valence-electron chi connectivity index (χ4n) is 5.41. The summed E-state index contributed by atoms with van der Waals surface area (Å²) in [5.74, 6) is 3.92. The van der Waals surface area contributed by atoms with Crippen LogP contribution in [0.4, 0.5) is 0 Å². The van der Waals surface area contributed by atoms with E-state index in [-0.39, 0.29) is 0 Å². The third-order valence-electron chi connectivity index (χ3n) is 7.88. The first kappa shape index (κ1) is 32.9. The number of nitrogens with zero attached hydrogens (tertiary/aromatic N) is 4. The van der Waals surface area contributed by atoms with E-state index in [2.05, 4.69) is 53.4 Å². The Hall–Kier alpha value is -3.52. The molecule has 0 radical (unpaired) electrons. The fourth-order valence-corrected chi connectivity index (χ4v) is 5.92. The molecule has 3 aromatic carbocycles. The molecule has 0 N–H and O–H groups in total. The van der Waals surface area contributed by atoms with Gasteiger partial charge in [-0.15, -0.1) is 0 Å². The van der Waals surface area contributed by atoms with Crippen LogP contribution in [-0.2, 0) is 6.54 Å². The molecule has 0 bridgehead atoms. The van der Waals surface area contributed by atoms with Crippen molar-refractivity contribution in [3.63, 3.8) is 0 Å². The van der Waals surface area contributed by atoms with Gasteiger partial charge in [0.1, 0.15) is 28.6 Å². The zero-order valence-corrected chi connectivity index (χ0v) is 27.9. The van der Waals surface area contributed by atoms with E-state index in [9.17, 15) is 0 Å². The van der Waals surface area contributed by atoms with Crippen molar-refractivity contribution >= 4 is 40.4 Å². The Kier molecular flexibility index (Phi) is 11.8. The number of aliphatic imine (C=N–C) groups is 1. The first-order valence-electron chi connectivity index (χ1n) is 15.9. The molecular formula is C36H42Cl2N4O3. The minimum Gasteiger partial charge on any atom is -0.493 e. The van der Waals surface area contributed by atoms with Crippen LogP contribution in [0.5, 0.6) is 23.0 Å². The number of aryl methyl sites for hydroxylation is 1. The molecule has 2 heterocycles. The SMILES string of the molecule is CCCCn1c(-c2cccc(Oc3cc(Cl)cc(Cl)c3)c2)nc2c(OCCCN(CC)CC)cc(OCCC3C=CN=C3)cc21. The van der Waals surface area contributed by atoms with E-state index in [1.165, 1.54) is 0 Å². The van der Waals surface area contributed by atoms with Gasteiger partial charge in [-0.1, -0.05) is 68.6 Å². The molecule has 7 nitrogen and oxygen atoms in total. The smallest absolute Gasteiger partial charge is 0.150 e. The number of ether oxygens (including phenoxy) is 3. The van der Waals surface area contributed by atoms with Crippen molar-refractivity contribution in [2.75, 3.05) is 32.8 Å². The van der Waals surface area contributed by atoms with Crippen molar-refractivity contribution in [1.29, 1.82) is 0 Å². The third-order valence-corrected chi connectivity index (χ3v) is 8.32. The summed E-state index contributed by atoms with van der Waals surface area (Å²) in [5.41, 5.74) is 2.76. The minimum atomic E-state index is 0.309. The summed E-state index contributed by atoms with van der Waals surface area (Å²) < 4.78 is 21.2. The van der Waals surface area contributed by atoms with E-state index >= 15 is 0 Å². The van der Waals surface area contributed by atoms with Crippen molar-refractivity contribution in [3.05, 3.63) is 76.9 Å². The van der Waals surface area contributed by atoms with Crippen LogP contribution in [-0.4, -0.2) is 53.5 Å². The average molecular weight is 650 g/mol. The Morgan fingerprint density at radius 3 is 2.42 bits per heavy atom. The maximum atomic E-state index is 6.45. The van der Waals surface area contributed by atoms with Crippen molar-refractivity contribution in [2.24, 2.45) is 10.9 Å². The molecule has 1 aliphatic rings. The van der Waals surface area contributed by atoms with Crippen molar-refractivity contribution in [1.82, 2.24) is 14.5 Å². The van der Waals surface area contributed by atoms with Crippen molar-refractivity contribution in [2.45, 2.75) is 53.0 Å². The lowest BCUT2D eigenvalue weighted by Crippen LogP contribution is -2.25. The summed E-state index contributed by atoms with van der Waals surface area (Å²) in [5, 5.41) is 1.04. The maximum Gasteiger partial charge on any atom is 0.150 e. The molecule has 4 aromatic rings. The second-order valence-corrected chi connectivity index (χ2v) is 12.0. The zero-order chi connectivity index (χ0) is 31.6. The Labute approximate surface area is 276 Å². The highest BCUT2D eigenvalue weighted by molar-refractivity contribution is 6.34. The molecule has 238 valence electrons. The number of allylic oxidation sites excluding steroid dienone is 1. The lowest BCUT2D eigenvalue weighted by atomic mass is 10.1. The average Bonchev–Trinajstić information content (AvgIpc) is 3.68. The molecule has 1 aromatic heterocycles. The van der Waals surface area contributed by atoms with Gasteiger partial charge in [-0.3, -0.25) is 4.99 Å². The van der Waals surface area contributed by atoms with Crippen LogP contribution in [0.2, 0.25) is 10.0 Å². The van der Waals surface area contributed by atoms with Gasteiger partial charge in [0.05, 0.1) is 18.7 Å². The molecule has 0 aliphatic carbocycles. The molecule has 1 atom stereocenters. The number of hydrogen-bond donors (Lipinski definition) is 0. The predicted octanol–water partition coefficient (Wildman–Crippen LogP) is 9.70. The molecular weight excluding hydrogens is 607 g/mol. The van der Waals surface area contributed by atoms with Gasteiger partial charge in [-0.2, -0.15) is 0 Å². The summed E-state index contributed by atoms with van der Waals surface area (Å²) in [4.78, 5) is 11.8. The molecule has 0 fully saturated rings. The quantitative estimate of drug-likeness (QED) is 0.107. The monoisotopic (exact) mass is 648 g/mol. The zero-order valence-electron chi connectivity index (χ0n) is 26.3. The summed E-state index contributed by atoms with van der Waals surface area (Å²) in [6, 6.07) is 17.2. The maximum absolute atomic E-state index is 6.45. The Balaban J connectivity index is 1.48. The van der Waals surface area contributed by atoms with Crippen LogP contribution in [0.25, 0.3) is 22.4 Å². The standard InChI is InChI=1S/C36H42Cl2N4O3/c1-4-7-16-42-33-23-31(43-18-13-26-12-14-39-25-26)24-34(44-17-9-15-41(5-2)6-3)35(33)40-36(42)27-10-8-11-30(19-27)45-32-21-28(37)20-29(38)22-32/h8,10-12,14,19-26H,4-7,9,13,15-18H2,1-3H3. The van der Waals surface area contributed by atoms with Gasteiger partial charge < -0.3 is 23.7 Å². The number of fused-ring (bicyclic) bond motifs is 1. The largest absolute Gasteiger partial charge is 0.493 e. The van der Waals surface area contributed by atoms with Crippen LogP contribution in [0.15, 0.2) is 71.9 Å². The summed E-state index contributed by atoms with van der Waals surface area (Å²) >= 11 is 12.4. The molecule has 1 unspecified atom stereocenters. The molecule has 9 heteroatoms. The summed E-state index contributed by atoms with van der Waals surface area (Å²) in [7, 11) is 0. The minimum absolute atomic E-state index is 0.309. The second kappa shape index (κ2) is 16.2. The molecule has 0 amide bonds. The number of halogens is 2. The van der Waals surface area contributed by atoms with Gasteiger partial charge in [0.15, 0.2) is 5.75 Å². The second-order valence-electron chi connectivity index (χ2n) is 11.1. The molecule has 1 aliphatic heterocycles. The number of benzene rings is 3. The van der Waals surface area contributed by atoms with Crippen LogP contribution < -0.4 is 14.2 Å². The number of imidazole rings is 1. The third kappa shape index (κ3) is 8.81. The highest BCUT2D eigenvalue weighted by Gasteiger charge is 2.19. The van der Waals surface area contributed by atoms with Crippen molar-refractivity contribution < 1.29 is 14.2 Å².